The van der Waals surface area contributed by atoms with Crippen LogP contribution in [-0.4, -0.2) is 41.9 Å². The average molecular weight is 267 g/mol. The lowest BCUT2D eigenvalue weighted by Crippen LogP contribution is -2.45. The minimum atomic E-state index is -0.529. The van der Waals surface area contributed by atoms with Crippen LogP contribution >= 0.6 is 0 Å². The molecule has 1 rings (SSSR count). The quantitative estimate of drug-likeness (QED) is 0.775. The van der Waals surface area contributed by atoms with Crippen molar-refractivity contribution in [2.24, 2.45) is 0 Å². The molecule has 1 aromatic rings. The van der Waals surface area contributed by atoms with Gasteiger partial charge in [-0.25, -0.2) is 9.78 Å². The number of nitrogens with two attached hydrogens (primary N) is 1. The number of esters is 1. The Kier molecular flexibility index (Phi) is 4.72. The molecular weight excluding hydrogens is 246 g/mol. The lowest BCUT2D eigenvalue weighted by Gasteiger charge is -2.36. The molecule has 0 amide bonds. The zero-order chi connectivity index (χ0) is 14.6. The highest BCUT2D eigenvalue weighted by molar-refractivity contribution is 5.96. The molecule has 0 saturated carbocycles. The van der Waals surface area contributed by atoms with E-state index in [1.165, 1.54) is 12.3 Å². The van der Waals surface area contributed by atoms with Crippen LogP contribution in [0.15, 0.2) is 12.3 Å². The third kappa shape index (κ3) is 3.35. The first kappa shape index (κ1) is 15.2. The number of carbonyl (C=O) groups is 1. The third-order valence-corrected chi connectivity index (χ3v) is 3.06. The summed E-state index contributed by atoms with van der Waals surface area (Å²) in [5.74, 6) is -0.200. The van der Waals surface area contributed by atoms with E-state index in [4.69, 9.17) is 10.5 Å². The van der Waals surface area contributed by atoms with Crippen molar-refractivity contribution in [3.8, 4) is 0 Å². The van der Waals surface area contributed by atoms with E-state index in [9.17, 15) is 9.90 Å². The van der Waals surface area contributed by atoms with E-state index in [1.807, 2.05) is 13.8 Å². The summed E-state index contributed by atoms with van der Waals surface area (Å²) >= 11 is 0. The first-order valence-corrected chi connectivity index (χ1v) is 6.10. The summed E-state index contributed by atoms with van der Waals surface area (Å²) in [5.41, 5.74) is 6.01. The van der Waals surface area contributed by atoms with E-state index in [2.05, 4.69) is 4.98 Å². The fraction of sp³-hybridized carbons (Fsp3) is 0.538. The van der Waals surface area contributed by atoms with Crippen LogP contribution in [0.5, 0.6) is 0 Å². The molecule has 19 heavy (non-hydrogen) atoms. The van der Waals surface area contributed by atoms with Gasteiger partial charge < -0.3 is 20.5 Å². The van der Waals surface area contributed by atoms with Crippen molar-refractivity contribution in [3.63, 3.8) is 0 Å². The smallest absolute Gasteiger partial charge is 0.340 e. The minimum Gasteiger partial charge on any atom is -0.462 e. The van der Waals surface area contributed by atoms with Gasteiger partial charge in [0.15, 0.2) is 0 Å². The number of hydrogen-bond acceptors (Lipinski definition) is 6. The molecule has 0 aliphatic rings. The summed E-state index contributed by atoms with van der Waals surface area (Å²) < 4.78 is 5.01. The van der Waals surface area contributed by atoms with Gasteiger partial charge in [-0.15, -0.1) is 0 Å². The fourth-order valence-corrected chi connectivity index (χ4v) is 1.54. The number of ether oxygens (including phenoxy) is 1. The predicted molar refractivity (Wildman–Crippen MR) is 74.2 cm³/mol. The largest absolute Gasteiger partial charge is 0.462 e. The Labute approximate surface area is 113 Å². The van der Waals surface area contributed by atoms with Crippen LogP contribution in [0.3, 0.4) is 0 Å². The number of nitrogens with zero attached hydrogens (tertiary/aromatic N) is 2. The van der Waals surface area contributed by atoms with Gasteiger partial charge in [0, 0.05) is 7.05 Å². The molecule has 0 aliphatic heterocycles. The van der Waals surface area contributed by atoms with Crippen molar-refractivity contribution in [2.45, 2.75) is 26.3 Å². The van der Waals surface area contributed by atoms with Gasteiger partial charge in [0.05, 0.1) is 36.2 Å². The minimum absolute atomic E-state index is 0.0594. The topological polar surface area (TPSA) is 88.7 Å². The number of hydrogen-bond donors (Lipinski definition) is 2. The standard InChI is InChI=1S/C13H21N3O3/c1-5-19-12(18)9-6-11(14)15-7-10(9)16(4)13(2,3)8-17/h6-7,17H,5,8H2,1-4H3,(H2,14,15). The van der Waals surface area contributed by atoms with Crippen LogP contribution in [-0.2, 0) is 4.74 Å². The van der Waals surface area contributed by atoms with E-state index >= 15 is 0 Å². The van der Waals surface area contributed by atoms with Crippen LogP contribution in [0.2, 0.25) is 0 Å². The van der Waals surface area contributed by atoms with E-state index in [0.29, 0.717) is 11.3 Å². The van der Waals surface area contributed by atoms with Gasteiger partial charge in [-0.1, -0.05) is 0 Å². The molecule has 0 unspecified atom stereocenters. The Bertz CT molecular complexity index is 460. The molecule has 1 aromatic heterocycles. The number of pyridine rings is 1. The Hall–Kier alpha value is -1.82. The maximum absolute atomic E-state index is 11.9. The van der Waals surface area contributed by atoms with Crippen molar-refractivity contribution in [2.75, 3.05) is 30.9 Å². The SMILES string of the molecule is CCOC(=O)c1cc(N)ncc1N(C)C(C)(C)CO. The maximum atomic E-state index is 11.9. The number of rotatable bonds is 5. The summed E-state index contributed by atoms with van der Waals surface area (Å²) in [7, 11) is 1.78. The zero-order valence-corrected chi connectivity index (χ0v) is 11.8. The normalized spacial score (nSPS) is 11.2. The Balaban J connectivity index is 3.24. The average Bonchev–Trinajstić information content (AvgIpc) is 2.38. The Morgan fingerprint density at radius 2 is 2.21 bits per heavy atom. The lowest BCUT2D eigenvalue weighted by atomic mass is 10.0. The van der Waals surface area contributed by atoms with Gasteiger partial charge in [-0.2, -0.15) is 0 Å². The number of anilines is 2. The monoisotopic (exact) mass is 267 g/mol. The summed E-state index contributed by atoms with van der Waals surface area (Å²) in [5, 5.41) is 9.41. The Morgan fingerprint density at radius 3 is 2.74 bits per heavy atom. The van der Waals surface area contributed by atoms with Crippen molar-refractivity contribution >= 4 is 17.5 Å². The molecule has 0 fully saturated rings. The van der Waals surface area contributed by atoms with Crippen LogP contribution in [0, 0.1) is 0 Å². The molecule has 0 radical (unpaired) electrons. The van der Waals surface area contributed by atoms with Gasteiger partial charge in [0.1, 0.15) is 5.82 Å². The van der Waals surface area contributed by atoms with Gasteiger partial charge >= 0.3 is 5.97 Å². The van der Waals surface area contributed by atoms with Crippen LogP contribution in [0.1, 0.15) is 31.1 Å². The summed E-state index contributed by atoms with van der Waals surface area (Å²) in [4.78, 5) is 17.7. The van der Waals surface area contributed by atoms with Crippen molar-refractivity contribution in [1.82, 2.24) is 4.98 Å². The van der Waals surface area contributed by atoms with Gasteiger partial charge in [-0.05, 0) is 26.8 Å². The fourth-order valence-electron chi connectivity index (χ4n) is 1.54. The van der Waals surface area contributed by atoms with E-state index < -0.39 is 11.5 Å². The second-order valence-corrected chi connectivity index (χ2v) is 4.88. The number of aliphatic hydroxyl groups is 1. The highest BCUT2D eigenvalue weighted by atomic mass is 16.5. The van der Waals surface area contributed by atoms with Gasteiger partial charge in [0.25, 0.3) is 0 Å². The molecule has 106 valence electrons. The first-order chi connectivity index (χ1) is 8.83. The van der Waals surface area contributed by atoms with Crippen molar-refractivity contribution < 1.29 is 14.6 Å². The second-order valence-electron chi connectivity index (χ2n) is 4.88. The highest BCUT2D eigenvalue weighted by Gasteiger charge is 2.27. The third-order valence-electron chi connectivity index (χ3n) is 3.06. The van der Waals surface area contributed by atoms with Crippen LogP contribution in [0.25, 0.3) is 0 Å². The number of carbonyl (C=O) groups excluding carboxylic acids is 1. The number of aromatic nitrogens is 1. The maximum Gasteiger partial charge on any atom is 0.340 e. The number of nitrogen functional groups attached to an aromatic ring is 1. The number of likely N-dealkylation sites (N-methyl/N-ethyl adjacent to an activating group) is 1. The molecule has 0 aliphatic carbocycles. The van der Waals surface area contributed by atoms with Crippen molar-refractivity contribution in [1.29, 1.82) is 0 Å². The molecule has 0 bridgehead atoms. The summed E-state index contributed by atoms with van der Waals surface area (Å²) in [6, 6.07) is 1.48. The lowest BCUT2D eigenvalue weighted by molar-refractivity contribution is 0.0526. The molecule has 6 heteroatoms. The summed E-state index contributed by atoms with van der Waals surface area (Å²) in [6.45, 7) is 5.68. The first-order valence-electron chi connectivity index (χ1n) is 6.10. The highest BCUT2D eigenvalue weighted by Crippen LogP contribution is 2.27. The van der Waals surface area contributed by atoms with Gasteiger partial charge in [0.2, 0.25) is 0 Å². The summed E-state index contributed by atoms with van der Waals surface area (Å²) in [6.07, 6.45) is 1.51. The molecule has 0 atom stereocenters. The second kappa shape index (κ2) is 5.88. The van der Waals surface area contributed by atoms with Crippen LogP contribution in [0.4, 0.5) is 11.5 Å². The molecule has 0 spiro atoms. The molecular formula is C13H21N3O3. The van der Waals surface area contributed by atoms with Crippen LogP contribution < -0.4 is 10.6 Å². The number of aliphatic hydroxyl groups excluding tert-OH is 1. The zero-order valence-electron chi connectivity index (χ0n) is 11.8. The van der Waals surface area contributed by atoms with Crippen molar-refractivity contribution in [3.05, 3.63) is 17.8 Å². The van der Waals surface area contributed by atoms with E-state index in [1.54, 1.807) is 18.9 Å². The Morgan fingerprint density at radius 1 is 1.58 bits per heavy atom. The van der Waals surface area contributed by atoms with E-state index in [-0.39, 0.29) is 19.0 Å². The van der Waals surface area contributed by atoms with E-state index in [0.717, 1.165) is 0 Å². The molecule has 1 heterocycles. The molecule has 0 saturated heterocycles. The molecule has 6 nitrogen and oxygen atoms in total. The molecule has 0 aromatic carbocycles. The molecule has 3 N–H and O–H groups in total. The van der Waals surface area contributed by atoms with Gasteiger partial charge in [-0.3, -0.25) is 0 Å². The predicted octanol–water partition coefficient (Wildman–Crippen LogP) is 1.05.